The number of hydrogen-bond donors (Lipinski definition) is 0. The van der Waals surface area contributed by atoms with Gasteiger partial charge in [0.25, 0.3) is 0 Å². The Morgan fingerprint density at radius 2 is 1.70 bits per heavy atom. The molecule has 108 valence electrons. The second kappa shape index (κ2) is 5.72. The molecule has 20 heavy (non-hydrogen) atoms. The molecule has 0 radical (unpaired) electrons. The van der Waals surface area contributed by atoms with Crippen molar-refractivity contribution >= 4 is 46.1 Å². The van der Waals surface area contributed by atoms with Crippen molar-refractivity contribution in [2.75, 3.05) is 0 Å². The fourth-order valence-electron chi connectivity index (χ4n) is 1.61. The number of halogens is 7. The molecule has 0 N–H and O–H groups in total. The summed E-state index contributed by atoms with van der Waals surface area (Å²) in [6.07, 6.45) is -4.57. The number of benzene rings is 1. The van der Waals surface area contributed by atoms with Gasteiger partial charge in [-0.15, -0.1) is 22.9 Å². The van der Waals surface area contributed by atoms with E-state index in [1.54, 1.807) is 0 Å². The third kappa shape index (κ3) is 3.22. The van der Waals surface area contributed by atoms with Crippen LogP contribution in [-0.4, -0.2) is 0 Å². The molecule has 1 unspecified atom stereocenters. The van der Waals surface area contributed by atoms with E-state index in [4.69, 9.17) is 34.8 Å². The molecular formula is C12H5Cl3F4S. The molecule has 0 aliphatic rings. The van der Waals surface area contributed by atoms with E-state index in [1.165, 1.54) is 6.07 Å². The lowest BCUT2D eigenvalue weighted by atomic mass is 10.0. The molecule has 0 aliphatic carbocycles. The largest absolute Gasteiger partial charge is 0.416 e. The fraction of sp³-hybridized carbons (Fsp3) is 0.167. The fourth-order valence-corrected chi connectivity index (χ4v) is 3.60. The Balaban J connectivity index is 2.49. The van der Waals surface area contributed by atoms with Crippen molar-refractivity contribution in [3.05, 3.63) is 55.4 Å². The summed E-state index contributed by atoms with van der Waals surface area (Å²) in [4.78, 5) is 0. The number of thiophene rings is 1. The first-order chi connectivity index (χ1) is 9.20. The lowest BCUT2D eigenvalue weighted by molar-refractivity contribution is -0.137. The Kier molecular flexibility index (Phi) is 4.54. The second-order valence-corrected chi connectivity index (χ2v) is 6.60. The minimum atomic E-state index is -4.57. The number of alkyl halides is 4. The van der Waals surface area contributed by atoms with Gasteiger partial charge in [-0.05, 0) is 24.3 Å². The Labute approximate surface area is 130 Å². The van der Waals surface area contributed by atoms with Crippen LogP contribution in [-0.2, 0) is 6.18 Å². The monoisotopic (exact) mass is 362 g/mol. The van der Waals surface area contributed by atoms with Gasteiger partial charge < -0.3 is 0 Å². The summed E-state index contributed by atoms with van der Waals surface area (Å²) in [6.45, 7) is 0. The average Bonchev–Trinajstić information content (AvgIpc) is 2.66. The third-order valence-corrected chi connectivity index (χ3v) is 4.54. The molecule has 0 fully saturated rings. The molecule has 0 aliphatic heterocycles. The molecule has 2 rings (SSSR count). The van der Waals surface area contributed by atoms with Gasteiger partial charge in [0.2, 0.25) is 0 Å². The van der Waals surface area contributed by atoms with Crippen molar-refractivity contribution in [3.63, 3.8) is 0 Å². The van der Waals surface area contributed by atoms with Gasteiger partial charge >= 0.3 is 6.18 Å². The average molecular weight is 364 g/mol. The van der Waals surface area contributed by atoms with Crippen LogP contribution < -0.4 is 0 Å². The van der Waals surface area contributed by atoms with Crippen LogP contribution in [0.3, 0.4) is 0 Å². The van der Waals surface area contributed by atoms with E-state index in [2.05, 4.69) is 0 Å². The van der Waals surface area contributed by atoms with Gasteiger partial charge in [-0.2, -0.15) is 13.2 Å². The topological polar surface area (TPSA) is 0 Å². The van der Waals surface area contributed by atoms with Gasteiger partial charge in [0.15, 0.2) is 0 Å². The minimum Gasteiger partial charge on any atom is -0.207 e. The highest BCUT2D eigenvalue weighted by Gasteiger charge is 2.32. The first kappa shape index (κ1) is 15.9. The van der Waals surface area contributed by atoms with E-state index >= 15 is 0 Å². The molecule has 0 saturated heterocycles. The molecule has 0 amide bonds. The van der Waals surface area contributed by atoms with Gasteiger partial charge in [0, 0.05) is 11.1 Å². The second-order valence-electron chi connectivity index (χ2n) is 3.88. The van der Waals surface area contributed by atoms with Crippen molar-refractivity contribution in [2.45, 2.75) is 11.6 Å². The molecule has 1 aromatic heterocycles. The molecule has 0 nitrogen and oxygen atoms in total. The summed E-state index contributed by atoms with van der Waals surface area (Å²) in [5.41, 5.74) is -0.989. The Bertz CT molecular complexity index is 636. The highest BCUT2D eigenvalue weighted by Crippen LogP contribution is 2.42. The zero-order valence-electron chi connectivity index (χ0n) is 9.44. The van der Waals surface area contributed by atoms with Crippen LogP contribution in [0.25, 0.3) is 0 Å². The molecule has 1 aromatic carbocycles. The lowest BCUT2D eigenvalue weighted by Crippen LogP contribution is -2.07. The Morgan fingerprint density at radius 1 is 1.05 bits per heavy atom. The zero-order valence-corrected chi connectivity index (χ0v) is 12.5. The quantitative estimate of drug-likeness (QED) is 0.420. The van der Waals surface area contributed by atoms with E-state index < -0.39 is 22.9 Å². The van der Waals surface area contributed by atoms with E-state index in [9.17, 15) is 17.6 Å². The van der Waals surface area contributed by atoms with E-state index in [0.29, 0.717) is 16.5 Å². The minimum absolute atomic E-state index is 0.215. The summed E-state index contributed by atoms with van der Waals surface area (Å²) < 4.78 is 52.2. The molecular weight excluding hydrogens is 359 g/mol. The van der Waals surface area contributed by atoms with Gasteiger partial charge in [-0.3, -0.25) is 0 Å². The summed E-state index contributed by atoms with van der Waals surface area (Å²) >= 11 is 18.7. The van der Waals surface area contributed by atoms with Gasteiger partial charge in [-0.25, -0.2) is 4.39 Å². The third-order valence-electron chi connectivity index (χ3n) is 2.55. The van der Waals surface area contributed by atoms with Gasteiger partial charge in [-0.1, -0.05) is 23.2 Å². The normalized spacial score (nSPS) is 13.6. The van der Waals surface area contributed by atoms with E-state index in [0.717, 1.165) is 17.4 Å². The first-order valence-corrected chi connectivity index (χ1v) is 7.16. The smallest absolute Gasteiger partial charge is 0.207 e. The predicted octanol–water partition coefficient (Wildman–Crippen LogP) is 6.54. The SMILES string of the molecule is Fc1ccc(C(F)(F)F)cc1C(Cl)c1cc(Cl)sc1Cl. The summed E-state index contributed by atoms with van der Waals surface area (Å²) in [7, 11) is 0. The standard InChI is InChI=1S/C12H5Cl3F4S/c13-9-4-7(11(15)20-9)10(14)6-3-5(12(17,18)19)1-2-8(6)16/h1-4,10H. The maximum absolute atomic E-state index is 13.7. The predicted molar refractivity (Wildman–Crippen MR) is 73.4 cm³/mol. The van der Waals surface area contributed by atoms with Crippen LogP contribution in [0.15, 0.2) is 24.3 Å². The highest BCUT2D eigenvalue weighted by molar-refractivity contribution is 7.20. The maximum atomic E-state index is 13.7. The van der Waals surface area contributed by atoms with Crippen LogP contribution in [0.1, 0.15) is 22.1 Å². The van der Waals surface area contributed by atoms with Crippen molar-refractivity contribution < 1.29 is 17.6 Å². The van der Waals surface area contributed by atoms with Crippen LogP contribution in [0, 0.1) is 5.82 Å². The summed E-state index contributed by atoms with van der Waals surface area (Å²) in [5.74, 6) is -0.837. The summed E-state index contributed by atoms with van der Waals surface area (Å²) in [5, 5.41) is -1.14. The lowest BCUT2D eigenvalue weighted by Gasteiger charge is -2.13. The van der Waals surface area contributed by atoms with Crippen LogP contribution in [0.4, 0.5) is 17.6 Å². The number of rotatable bonds is 2. The van der Waals surface area contributed by atoms with Crippen molar-refractivity contribution in [1.82, 2.24) is 0 Å². The van der Waals surface area contributed by atoms with Crippen LogP contribution in [0.5, 0.6) is 0 Å². The molecule has 0 spiro atoms. The molecule has 2 aromatic rings. The molecule has 0 saturated carbocycles. The van der Waals surface area contributed by atoms with Crippen molar-refractivity contribution in [1.29, 1.82) is 0 Å². The Morgan fingerprint density at radius 3 is 2.20 bits per heavy atom. The molecule has 1 heterocycles. The van der Waals surface area contributed by atoms with Gasteiger partial charge in [0.05, 0.1) is 19.6 Å². The van der Waals surface area contributed by atoms with Crippen LogP contribution >= 0.6 is 46.1 Å². The summed E-state index contributed by atoms with van der Waals surface area (Å²) in [6, 6.07) is 3.47. The Hall–Kier alpha value is -0.490. The maximum Gasteiger partial charge on any atom is 0.416 e. The van der Waals surface area contributed by atoms with Gasteiger partial charge in [0.1, 0.15) is 5.82 Å². The van der Waals surface area contributed by atoms with E-state index in [1.807, 2.05) is 0 Å². The molecule has 1 atom stereocenters. The van der Waals surface area contributed by atoms with Crippen molar-refractivity contribution in [2.24, 2.45) is 0 Å². The molecule has 0 bridgehead atoms. The van der Waals surface area contributed by atoms with E-state index in [-0.39, 0.29) is 15.5 Å². The molecule has 8 heteroatoms. The highest BCUT2D eigenvalue weighted by atomic mass is 35.5. The van der Waals surface area contributed by atoms with Crippen molar-refractivity contribution in [3.8, 4) is 0 Å². The zero-order chi connectivity index (χ0) is 15.1. The first-order valence-electron chi connectivity index (χ1n) is 5.15. The van der Waals surface area contributed by atoms with Crippen LogP contribution in [0.2, 0.25) is 8.67 Å². The number of hydrogen-bond acceptors (Lipinski definition) is 1.